The first kappa shape index (κ1) is 28.9. The third-order valence-corrected chi connectivity index (χ3v) is 12.2. The minimum Gasteiger partial charge on any atom is -0.222 e. The van der Waals surface area contributed by atoms with E-state index in [4.69, 9.17) is 9.97 Å². The van der Waals surface area contributed by atoms with Crippen molar-refractivity contribution in [3.63, 3.8) is 0 Å². The highest BCUT2D eigenvalue weighted by Crippen LogP contribution is 2.44. The largest absolute Gasteiger partial charge is 0.222 e. The van der Waals surface area contributed by atoms with Gasteiger partial charge in [0.1, 0.15) is 10.0 Å². The van der Waals surface area contributed by atoms with Crippen LogP contribution in [0.5, 0.6) is 0 Å². The lowest BCUT2D eigenvalue weighted by atomic mass is 10.1. The van der Waals surface area contributed by atoms with Crippen molar-refractivity contribution in [1.82, 2.24) is 9.97 Å². The molecule has 0 atom stereocenters. The maximum atomic E-state index is 5.07. The van der Waals surface area contributed by atoms with Crippen LogP contribution < -0.4 is 0 Å². The molecule has 0 saturated heterocycles. The zero-order chi connectivity index (χ0) is 25.3. The van der Waals surface area contributed by atoms with Gasteiger partial charge in [-0.05, 0) is 80.8 Å². The van der Waals surface area contributed by atoms with E-state index < -0.39 is 0 Å². The normalized spacial score (nSPS) is 11.8. The Kier molecular flexibility index (Phi) is 11.9. The summed E-state index contributed by atoms with van der Waals surface area (Å²) >= 11 is 14.6. The third-order valence-electron chi connectivity index (χ3n) is 6.52. The quantitative estimate of drug-likeness (QED) is 0.110. The molecule has 0 bridgehead atoms. The number of rotatable bonds is 16. The number of aryl methyl sites for hydroxylation is 2. The monoisotopic (exact) mass is 686 g/mol. The van der Waals surface area contributed by atoms with Gasteiger partial charge < -0.3 is 0 Å². The van der Waals surface area contributed by atoms with Crippen molar-refractivity contribution < 1.29 is 0 Å². The van der Waals surface area contributed by atoms with E-state index in [1.165, 1.54) is 106 Å². The van der Waals surface area contributed by atoms with Crippen molar-refractivity contribution in [3.05, 3.63) is 30.8 Å². The highest BCUT2D eigenvalue weighted by molar-refractivity contribution is 9.11. The summed E-state index contributed by atoms with van der Waals surface area (Å²) in [5.74, 6) is 0. The van der Waals surface area contributed by atoms with Crippen LogP contribution in [0, 0.1) is 0 Å². The van der Waals surface area contributed by atoms with Crippen LogP contribution in [-0.4, -0.2) is 9.97 Å². The minimum atomic E-state index is 1.08. The van der Waals surface area contributed by atoms with E-state index >= 15 is 0 Å². The maximum Gasteiger partial charge on any atom is 0.155 e. The van der Waals surface area contributed by atoms with Crippen LogP contribution in [0.15, 0.2) is 19.7 Å². The molecule has 0 fully saturated rings. The number of halogens is 2. The van der Waals surface area contributed by atoms with E-state index in [9.17, 15) is 0 Å². The first-order valence-corrected chi connectivity index (χ1v) is 18.3. The summed E-state index contributed by atoms with van der Waals surface area (Å²) < 4.78 is 2.40. The van der Waals surface area contributed by atoms with Crippen LogP contribution in [0.3, 0.4) is 0 Å². The van der Waals surface area contributed by atoms with Gasteiger partial charge in [-0.2, -0.15) is 0 Å². The smallest absolute Gasteiger partial charge is 0.155 e. The van der Waals surface area contributed by atoms with Gasteiger partial charge in [0, 0.05) is 0 Å². The SMILES string of the molecule is CCCCCCCCc1cc(Br)sc1-c1nc2sc(-c3sc(Br)cc3CCCCCCCC)nc2s1. The van der Waals surface area contributed by atoms with Crippen molar-refractivity contribution in [1.29, 1.82) is 0 Å². The van der Waals surface area contributed by atoms with Crippen molar-refractivity contribution in [2.45, 2.75) is 104 Å². The average molecular weight is 689 g/mol. The molecule has 36 heavy (non-hydrogen) atoms. The number of hydrogen-bond donors (Lipinski definition) is 0. The number of thiazole rings is 2. The minimum absolute atomic E-state index is 1.08. The second kappa shape index (κ2) is 14.9. The lowest BCUT2D eigenvalue weighted by Crippen LogP contribution is -1.87. The van der Waals surface area contributed by atoms with Gasteiger partial charge in [-0.1, -0.05) is 101 Å². The molecule has 0 aromatic carbocycles. The first-order valence-electron chi connectivity index (χ1n) is 13.4. The Morgan fingerprint density at radius 1 is 0.556 bits per heavy atom. The van der Waals surface area contributed by atoms with Crippen molar-refractivity contribution in [2.24, 2.45) is 0 Å². The Balaban J connectivity index is 1.43. The molecule has 0 N–H and O–H groups in total. The predicted molar refractivity (Wildman–Crippen MR) is 171 cm³/mol. The molecule has 196 valence electrons. The van der Waals surface area contributed by atoms with Crippen LogP contribution in [-0.2, 0) is 12.8 Å². The standard InChI is InChI=1S/C28H36Br2N2S4/c1-3-5-7-9-11-13-15-19-17-21(29)33-23(19)25-31-27-28(35-25)32-26(36-27)24-20(18-22(30)34-24)16-14-12-10-8-6-4-2/h17-18H,3-16H2,1-2H3. The molecule has 0 unspecified atom stereocenters. The van der Waals surface area contributed by atoms with Gasteiger partial charge in [0.2, 0.25) is 0 Å². The molecule has 4 heterocycles. The van der Waals surface area contributed by atoms with E-state index in [1.54, 1.807) is 22.7 Å². The lowest BCUT2D eigenvalue weighted by Gasteiger charge is -2.02. The molecule has 0 spiro atoms. The fourth-order valence-corrected chi connectivity index (χ4v) is 10.2. The molecule has 0 aliphatic rings. The molecule has 4 aromatic heterocycles. The summed E-state index contributed by atoms with van der Waals surface area (Å²) in [4.78, 5) is 15.0. The van der Waals surface area contributed by atoms with Crippen molar-refractivity contribution in [2.75, 3.05) is 0 Å². The van der Waals surface area contributed by atoms with Crippen LogP contribution in [0.1, 0.15) is 102 Å². The van der Waals surface area contributed by atoms with E-state index in [1.807, 2.05) is 22.7 Å². The fraction of sp³-hybridized carbons (Fsp3) is 0.571. The van der Waals surface area contributed by atoms with E-state index in [0.29, 0.717) is 0 Å². The zero-order valence-electron chi connectivity index (χ0n) is 21.3. The fourth-order valence-electron chi connectivity index (χ4n) is 4.55. The Morgan fingerprint density at radius 3 is 1.36 bits per heavy atom. The van der Waals surface area contributed by atoms with Gasteiger partial charge in [0.15, 0.2) is 9.66 Å². The molecule has 0 saturated carbocycles. The number of nitrogens with zero attached hydrogens (tertiary/aromatic N) is 2. The summed E-state index contributed by atoms with van der Waals surface area (Å²) in [5, 5.41) is 2.26. The van der Waals surface area contributed by atoms with Crippen LogP contribution in [0.25, 0.3) is 29.4 Å². The van der Waals surface area contributed by atoms with Crippen molar-refractivity contribution in [3.8, 4) is 19.8 Å². The number of hydrogen-bond acceptors (Lipinski definition) is 6. The molecular formula is C28H36Br2N2S4. The number of thiophene rings is 2. The molecule has 2 nitrogen and oxygen atoms in total. The van der Waals surface area contributed by atoms with E-state index in [2.05, 4.69) is 57.8 Å². The molecular weight excluding hydrogens is 652 g/mol. The summed E-state index contributed by atoms with van der Waals surface area (Å²) in [6.07, 6.45) is 18.2. The molecule has 0 aliphatic carbocycles. The Bertz CT molecular complexity index is 1100. The van der Waals surface area contributed by atoms with Gasteiger partial charge in [-0.15, -0.1) is 22.7 Å². The molecule has 8 heteroatoms. The highest BCUT2D eigenvalue weighted by Gasteiger charge is 2.20. The second-order valence-electron chi connectivity index (χ2n) is 9.49. The van der Waals surface area contributed by atoms with Gasteiger partial charge in [0.05, 0.1) is 17.3 Å². The first-order chi connectivity index (χ1) is 17.6. The molecule has 0 radical (unpaired) electrons. The molecule has 4 rings (SSSR count). The summed E-state index contributed by atoms with van der Waals surface area (Å²) in [6.45, 7) is 4.56. The third kappa shape index (κ3) is 7.95. The number of unbranched alkanes of at least 4 members (excludes halogenated alkanes) is 10. The summed E-state index contributed by atoms with van der Waals surface area (Å²) in [7, 11) is 0. The van der Waals surface area contributed by atoms with Gasteiger partial charge >= 0.3 is 0 Å². The Labute approximate surface area is 249 Å². The van der Waals surface area contributed by atoms with Crippen molar-refractivity contribution >= 4 is 86.9 Å². The molecule has 4 aromatic rings. The summed E-state index contributed by atoms with van der Waals surface area (Å²) in [6, 6.07) is 4.61. The second-order valence-corrected chi connectivity index (χ2v) is 16.3. The molecule has 0 aliphatic heterocycles. The number of fused-ring (bicyclic) bond motifs is 1. The molecule has 0 amide bonds. The van der Waals surface area contributed by atoms with E-state index in [-0.39, 0.29) is 0 Å². The zero-order valence-corrected chi connectivity index (χ0v) is 27.8. The maximum absolute atomic E-state index is 5.07. The van der Waals surface area contributed by atoms with Gasteiger partial charge in [0.25, 0.3) is 0 Å². The van der Waals surface area contributed by atoms with Gasteiger partial charge in [-0.25, -0.2) is 9.97 Å². The Morgan fingerprint density at radius 2 is 0.944 bits per heavy atom. The Hall–Kier alpha value is -0.120. The number of aromatic nitrogens is 2. The topological polar surface area (TPSA) is 25.8 Å². The average Bonchev–Trinajstić information content (AvgIpc) is 3.60. The van der Waals surface area contributed by atoms with E-state index in [0.717, 1.165) is 32.5 Å². The predicted octanol–water partition coefficient (Wildman–Crippen LogP) is 12.5. The highest BCUT2D eigenvalue weighted by atomic mass is 79.9. The van der Waals surface area contributed by atoms with Crippen LogP contribution in [0.4, 0.5) is 0 Å². The summed E-state index contributed by atoms with van der Waals surface area (Å²) in [5.41, 5.74) is 2.87. The van der Waals surface area contributed by atoms with Gasteiger partial charge in [-0.3, -0.25) is 0 Å². The lowest BCUT2D eigenvalue weighted by molar-refractivity contribution is 0.608. The van der Waals surface area contributed by atoms with Crippen LogP contribution in [0.2, 0.25) is 0 Å². The van der Waals surface area contributed by atoms with Crippen LogP contribution >= 0.6 is 77.2 Å².